The van der Waals surface area contributed by atoms with Crippen LogP contribution in [-0.4, -0.2) is 30.1 Å². The Labute approximate surface area is 148 Å². The molecule has 0 saturated heterocycles. The van der Waals surface area contributed by atoms with Crippen molar-refractivity contribution in [2.45, 2.75) is 12.5 Å². The normalized spacial score (nSPS) is 12.0. The molecule has 0 saturated carbocycles. The summed E-state index contributed by atoms with van der Waals surface area (Å²) in [5, 5.41) is 11.6. The molecule has 1 amide bonds. The first-order valence-electron chi connectivity index (χ1n) is 7.68. The van der Waals surface area contributed by atoms with Crippen LogP contribution in [-0.2, 0) is 16.0 Å². The van der Waals surface area contributed by atoms with Crippen LogP contribution in [0.15, 0.2) is 48.5 Å². The second-order valence-corrected chi connectivity index (χ2v) is 5.45. The molecular weight excluding hydrogens is 344 g/mol. The maximum Gasteiger partial charge on any atom is 0.326 e. The molecule has 7 heteroatoms. The Morgan fingerprint density at radius 3 is 2.50 bits per heavy atom. The first-order valence-corrected chi connectivity index (χ1v) is 7.68. The van der Waals surface area contributed by atoms with Gasteiger partial charge in [-0.25, -0.2) is 13.6 Å². The van der Waals surface area contributed by atoms with Crippen LogP contribution in [0, 0.1) is 11.6 Å². The van der Waals surface area contributed by atoms with E-state index in [0.29, 0.717) is 11.3 Å². The van der Waals surface area contributed by atoms with Crippen LogP contribution >= 0.6 is 0 Å². The monoisotopic (exact) mass is 361 g/mol. The van der Waals surface area contributed by atoms with Crippen LogP contribution in [0.5, 0.6) is 5.75 Å². The summed E-state index contributed by atoms with van der Waals surface area (Å²) >= 11 is 0. The number of halogens is 2. The highest BCUT2D eigenvalue weighted by molar-refractivity contribution is 5.94. The number of hydrogen-bond donors (Lipinski definition) is 2. The Bertz CT molecular complexity index is 819. The van der Waals surface area contributed by atoms with Crippen LogP contribution in [0.4, 0.5) is 8.78 Å². The number of ether oxygens (including phenoxy) is 1. The molecule has 0 bridgehead atoms. The summed E-state index contributed by atoms with van der Waals surface area (Å²) in [7, 11) is 1.52. The van der Waals surface area contributed by atoms with Crippen LogP contribution in [0.1, 0.15) is 11.1 Å². The number of benzene rings is 2. The van der Waals surface area contributed by atoms with Gasteiger partial charge < -0.3 is 15.2 Å². The largest absolute Gasteiger partial charge is 0.497 e. The van der Waals surface area contributed by atoms with Crippen LogP contribution in [0.2, 0.25) is 0 Å². The zero-order valence-corrected chi connectivity index (χ0v) is 13.9. The van der Waals surface area contributed by atoms with Crippen LogP contribution in [0.3, 0.4) is 0 Å². The predicted octanol–water partition coefficient (Wildman–Crippen LogP) is 2.80. The third kappa shape index (κ3) is 5.41. The molecule has 2 rings (SSSR count). The van der Waals surface area contributed by atoms with Crippen molar-refractivity contribution in [3.05, 3.63) is 71.3 Å². The molecule has 0 aromatic heterocycles. The lowest BCUT2D eigenvalue weighted by Crippen LogP contribution is -2.41. The zero-order chi connectivity index (χ0) is 19.1. The Morgan fingerprint density at radius 2 is 1.88 bits per heavy atom. The fourth-order valence-corrected chi connectivity index (χ4v) is 2.23. The summed E-state index contributed by atoms with van der Waals surface area (Å²) in [6.07, 6.45) is 2.11. The summed E-state index contributed by atoms with van der Waals surface area (Å²) in [5.41, 5.74) is 0.584. The number of aliphatic carboxylic acids is 1. The average Bonchev–Trinajstić information content (AvgIpc) is 2.62. The van der Waals surface area contributed by atoms with E-state index in [1.807, 2.05) is 0 Å². The van der Waals surface area contributed by atoms with E-state index >= 15 is 0 Å². The van der Waals surface area contributed by atoms with Crippen LogP contribution < -0.4 is 10.1 Å². The van der Waals surface area contributed by atoms with Gasteiger partial charge in [-0.1, -0.05) is 12.1 Å². The fourth-order valence-electron chi connectivity index (χ4n) is 2.23. The smallest absolute Gasteiger partial charge is 0.326 e. The van der Waals surface area contributed by atoms with Gasteiger partial charge in [0.15, 0.2) is 0 Å². The Balaban J connectivity index is 2.04. The highest BCUT2D eigenvalue weighted by atomic mass is 19.1. The first kappa shape index (κ1) is 19.1. The van der Waals surface area contributed by atoms with Gasteiger partial charge in [0.1, 0.15) is 23.4 Å². The standard InChI is InChI=1S/C19H17F2NO4/c1-26-15-6-2-12(3-7-15)10-17(19(24)25)22-18(23)9-4-13-11-14(20)5-8-16(13)21/h2-9,11,17H,10H2,1H3,(H,22,23)(H,24,25)/b9-4+/t17-/m0/s1. The Hall–Kier alpha value is -3.22. The van der Waals surface area contributed by atoms with Crippen LogP contribution in [0.25, 0.3) is 6.08 Å². The molecule has 1 atom stereocenters. The second-order valence-electron chi connectivity index (χ2n) is 5.45. The second kappa shape index (κ2) is 8.75. The molecule has 0 unspecified atom stereocenters. The van der Waals surface area contributed by atoms with E-state index < -0.39 is 29.6 Å². The van der Waals surface area contributed by atoms with Gasteiger partial charge >= 0.3 is 5.97 Å². The number of carbonyl (C=O) groups excluding carboxylic acids is 1. The first-order chi connectivity index (χ1) is 12.4. The SMILES string of the molecule is COc1ccc(C[C@H](NC(=O)/C=C/c2cc(F)ccc2F)C(=O)O)cc1. The van der Waals surface area contributed by atoms with E-state index in [4.69, 9.17) is 4.74 Å². The number of hydrogen-bond acceptors (Lipinski definition) is 3. The van der Waals surface area contributed by atoms with Gasteiger partial charge in [0, 0.05) is 18.1 Å². The number of nitrogens with one attached hydrogen (secondary N) is 1. The van der Waals surface area contributed by atoms with Gasteiger partial charge in [-0.3, -0.25) is 4.79 Å². The summed E-state index contributed by atoms with van der Waals surface area (Å²) in [5.74, 6) is -2.64. The van der Waals surface area contributed by atoms with Crippen molar-refractivity contribution >= 4 is 18.0 Å². The van der Waals surface area contributed by atoms with Crippen molar-refractivity contribution in [2.24, 2.45) is 0 Å². The molecular formula is C19H17F2NO4. The third-order valence-corrected chi connectivity index (χ3v) is 3.59. The molecule has 0 heterocycles. The number of amides is 1. The minimum Gasteiger partial charge on any atom is -0.497 e. The maximum atomic E-state index is 13.5. The topological polar surface area (TPSA) is 75.6 Å². The minimum atomic E-state index is -1.21. The fraction of sp³-hybridized carbons (Fsp3) is 0.158. The van der Waals surface area contributed by atoms with Crippen molar-refractivity contribution in [3.8, 4) is 5.75 Å². The van der Waals surface area contributed by atoms with Gasteiger partial charge in [0.25, 0.3) is 0 Å². The molecule has 136 valence electrons. The molecule has 0 radical (unpaired) electrons. The van der Waals surface area contributed by atoms with Crippen molar-refractivity contribution in [2.75, 3.05) is 7.11 Å². The molecule has 5 nitrogen and oxygen atoms in total. The lowest BCUT2D eigenvalue weighted by molar-refractivity contribution is -0.141. The third-order valence-electron chi connectivity index (χ3n) is 3.59. The minimum absolute atomic E-state index is 0.0627. The Morgan fingerprint density at radius 1 is 1.19 bits per heavy atom. The molecule has 2 aromatic carbocycles. The average molecular weight is 361 g/mol. The van der Waals surface area contributed by atoms with E-state index in [2.05, 4.69) is 5.32 Å². The highest BCUT2D eigenvalue weighted by Gasteiger charge is 2.19. The summed E-state index contributed by atoms with van der Waals surface area (Å²) in [4.78, 5) is 23.3. The van der Waals surface area contributed by atoms with Gasteiger partial charge in [0.2, 0.25) is 5.91 Å². The van der Waals surface area contributed by atoms with Crippen molar-refractivity contribution in [1.82, 2.24) is 5.32 Å². The molecule has 26 heavy (non-hydrogen) atoms. The molecule has 0 aliphatic heterocycles. The molecule has 2 aromatic rings. The molecule has 0 aliphatic rings. The van der Waals surface area contributed by atoms with Gasteiger partial charge in [-0.05, 0) is 42.0 Å². The van der Waals surface area contributed by atoms with E-state index in [0.717, 1.165) is 30.4 Å². The van der Waals surface area contributed by atoms with Gasteiger partial charge in [-0.2, -0.15) is 0 Å². The highest BCUT2D eigenvalue weighted by Crippen LogP contribution is 2.13. The van der Waals surface area contributed by atoms with E-state index in [-0.39, 0.29) is 12.0 Å². The molecule has 0 fully saturated rings. The molecule has 0 spiro atoms. The van der Waals surface area contributed by atoms with E-state index in [1.165, 1.54) is 7.11 Å². The van der Waals surface area contributed by atoms with E-state index in [1.54, 1.807) is 24.3 Å². The molecule has 2 N–H and O–H groups in total. The van der Waals surface area contributed by atoms with Crippen molar-refractivity contribution in [3.63, 3.8) is 0 Å². The lowest BCUT2D eigenvalue weighted by atomic mass is 10.1. The number of rotatable bonds is 7. The number of methoxy groups -OCH3 is 1. The lowest BCUT2D eigenvalue weighted by Gasteiger charge is -2.13. The van der Waals surface area contributed by atoms with Crippen molar-refractivity contribution < 1.29 is 28.2 Å². The van der Waals surface area contributed by atoms with Gasteiger partial charge in [0.05, 0.1) is 7.11 Å². The Kier molecular flexibility index (Phi) is 6.43. The number of carboxylic acid groups (broad SMARTS) is 1. The van der Waals surface area contributed by atoms with E-state index in [9.17, 15) is 23.5 Å². The number of carbonyl (C=O) groups is 2. The van der Waals surface area contributed by atoms with Gasteiger partial charge in [-0.15, -0.1) is 0 Å². The quantitative estimate of drug-likeness (QED) is 0.744. The number of carboxylic acids is 1. The predicted molar refractivity (Wildman–Crippen MR) is 91.7 cm³/mol. The maximum absolute atomic E-state index is 13.5. The zero-order valence-electron chi connectivity index (χ0n) is 13.9. The molecule has 0 aliphatic carbocycles. The van der Waals surface area contributed by atoms with Crippen molar-refractivity contribution in [1.29, 1.82) is 0 Å². The summed E-state index contributed by atoms with van der Waals surface area (Å²) < 4.78 is 31.6. The summed E-state index contributed by atoms with van der Waals surface area (Å²) in [6, 6.07) is 8.42. The summed E-state index contributed by atoms with van der Waals surface area (Å²) in [6.45, 7) is 0.